The third-order valence-electron chi connectivity index (χ3n) is 2.42. The van der Waals surface area contributed by atoms with Crippen molar-refractivity contribution in [1.29, 1.82) is 0 Å². The van der Waals surface area contributed by atoms with Gasteiger partial charge in [-0.3, -0.25) is 4.79 Å². The van der Waals surface area contributed by atoms with Gasteiger partial charge in [-0.2, -0.15) is 0 Å². The third kappa shape index (κ3) is 3.69. The van der Waals surface area contributed by atoms with E-state index in [-0.39, 0.29) is 23.2 Å². The number of ether oxygens (including phenoxy) is 1. The molecule has 0 amide bonds. The van der Waals surface area contributed by atoms with Crippen molar-refractivity contribution in [3.8, 4) is 5.75 Å². The number of halogens is 3. The van der Waals surface area contributed by atoms with E-state index in [1.165, 1.54) is 30.3 Å². The van der Waals surface area contributed by atoms with E-state index >= 15 is 0 Å². The van der Waals surface area contributed by atoms with E-state index in [1.54, 1.807) is 12.1 Å². The van der Waals surface area contributed by atoms with Crippen molar-refractivity contribution in [2.24, 2.45) is 0 Å². The highest BCUT2D eigenvalue weighted by Gasteiger charge is 2.11. The zero-order valence-corrected chi connectivity index (χ0v) is 11.2. The summed E-state index contributed by atoms with van der Waals surface area (Å²) in [6.45, 7) is -0.174. The molecule has 2 aromatic carbocycles. The molecule has 2 aromatic rings. The quantitative estimate of drug-likeness (QED) is 0.782. The number of carbonyl (C=O) groups is 1. The van der Waals surface area contributed by atoms with E-state index in [2.05, 4.69) is 0 Å². The van der Waals surface area contributed by atoms with Crippen LogP contribution in [-0.4, -0.2) is 12.4 Å². The Morgan fingerprint density at radius 2 is 1.79 bits per heavy atom. The summed E-state index contributed by atoms with van der Waals surface area (Å²) < 4.78 is 17.9. The maximum Gasteiger partial charge on any atom is 0.201 e. The Kier molecular flexibility index (Phi) is 4.40. The van der Waals surface area contributed by atoms with E-state index in [0.29, 0.717) is 16.3 Å². The van der Waals surface area contributed by atoms with Gasteiger partial charge in [0.2, 0.25) is 5.78 Å². The molecule has 19 heavy (non-hydrogen) atoms. The van der Waals surface area contributed by atoms with E-state index in [0.717, 1.165) is 0 Å². The first kappa shape index (κ1) is 13.8. The number of benzene rings is 2. The molecule has 2 rings (SSSR count). The minimum Gasteiger partial charge on any atom is -0.485 e. The van der Waals surface area contributed by atoms with Crippen LogP contribution in [0.25, 0.3) is 0 Å². The van der Waals surface area contributed by atoms with Gasteiger partial charge in [0.1, 0.15) is 11.6 Å². The fraction of sp³-hybridized carbons (Fsp3) is 0.0714. The molecular formula is C14H9Cl2FO2. The topological polar surface area (TPSA) is 26.3 Å². The number of ketones is 1. The van der Waals surface area contributed by atoms with Gasteiger partial charge in [-0.15, -0.1) is 0 Å². The maximum absolute atomic E-state index is 12.7. The van der Waals surface area contributed by atoms with Gasteiger partial charge < -0.3 is 4.74 Å². The predicted molar refractivity (Wildman–Crippen MR) is 72.7 cm³/mol. The highest BCUT2D eigenvalue weighted by atomic mass is 35.5. The Labute approximate surface area is 119 Å². The van der Waals surface area contributed by atoms with Crippen LogP contribution in [0, 0.1) is 5.82 Å². The Balaban J connectivity index is 2.03. The van der Waals surface area contributed by atoms with Gasteiger partial charge in [0.05, 0.1) is 5.02 Å². The van der Waals surface area contributed by atoms with Crippen LogP contribution < -0.4 is 4.74 Å². The fourth-order valence-corrected chi connectivity index (χ4v) is 1.99. The summed E-state index contributed by atoms with van der Waals surface area (Å²) in [5, 5.41) is 0.737. The maximum atomic E-state index is 12.7. The molecule has 0 heterocycles. The molecule has 0 radical (unpaired) electrons. The average Bonchev–Trinajstić information content (AvgIpc) is 2.37. The first-order valence-electron chi connectivity index (χ1n) is 5.43. The van der Waals surface area contributed by atoms with Crippen molar-refractivity contribution in [3.63, 3.8) is 0 Å². The standard InChI is InChI=1S/C14H9Cl2FO2/c15-9-1-6-12(13(16)7-9)14(18)8-19-11-4-2-10(17)3-5-11/h1-7H,8H2. The predicted octanol–water partition coefficient (Wildman–Crippen LogP) is 4.39. The highest BCUT2D eigenvalue weighted by molar-refractivity contribution is 6.36. The molecule has 0 saturated carbocycles. The highest BCUT2D eigenvalue weighted by Crippen LogP contribution is 2.21. The second-order valence-corrected chi connectivity index (χ2v) is 4.63. The van der Waals surface area contributed by atoms with E-state index < -0.39 is 0 Å². The number of carbonyl (C=O) groups excluding carboxylic acids is 1. The second kappa shape index (κ2) is 6.04. The molecule has 0 aliphatic carbocycles. The van der Waals surface area contributed by atoms with Gasteiger partial charge in [0, 0.05) is 10.6 Å². The first-order valence-corrected chi connectivity index (χ1v) is 6.18. The molecule has 0 saturated heterocycles. The van der Waals surface area contributed by atoms with Crippen LogP contribution >= 0.6 is 23.2 Å². The molecule has 0 unspecified atom stereocenters. The average molecular weight is 299 g/mol. The van der Waals surface area contributed by atoms with Crippen molar-refractivity contribution in [1.82, 2.24) is 0 Å². The molecule has 0 bridgehead atoms. The second-order valence-electron chi connectivity index (χ2n) is 3.79. The smallest absolute Gasteiger partial charge is 0.201 e. The summed E-state index contributed by atoms with van der Waals surface area (Å²) in [7, 11) is 0. The van der Waals surface area contributed by atoms with Crippen molar-refractivity contribution in [2.45, 2.75) is 0 Å². The van der Waals surface area contributed by atoms with Crippen molar-refractivity contribution in [2.75, 3.05) is 6.61 Å². The number of Topliss-reactive ketones (excluding diaryl/α,β-unsaturated/α-hetero) is 1. The lowest BCUT2D eigenvalue weighted by molar-refractivity contribution is 0.0921. The van der Waals surface area contributed by atoms with Gasteiger partial charge in [-0.1, -0.05) is 23.2 Å². The lowest BCUT2D eigenvalue weighted by Crippen LogP contribution is -2.12. The summed E-state index contributed by atoms with van der Waals surface area (Å²) in [5.41, 5.74) is 0.341. The molecule has 0 N–H and O–H groups in total. The summed E-state index contributed by atoms with van der Waals surface area (Å²) in [6.07, 6.45) is 0. The van der Waals surface area contributed by atoms with Gasteiger partial charge in [-0.05, 0) is 42.5 Å². The van der Waals surface area contributed by atoms with E-state index in [4.69, 9.17) is 27.9 Å². The van der Waals surface area contributed by atoms with Crippen LogP contribution in [0.2, 0.25) is 10.0 Å². The fourth-order valence-electron chi connectivity index (χ4n) is 1.47. The largest absolute Gasteiger partial charge is 0.485 e. The van der Waals surface area contributed by atoms with Crippen LogP contribution in [-0.2, 0) is 0 Å². The summed E-state index contributed by atoms with van der Waals surface area (Å²) in [5.74, 6) is -0.217. The van der Waals surface area contributed by atoms with Crippen LogP contribution in [0.15, 0.2) is 42.5 Å². The molecular weight excluding hydrogens is 290 g/mol. The van der Waals surface area contributed by atoms with Gasteiger partial charge in [0.25, 0.3) is 0 Å². The van der Waals surface area contributed by atoms with E-state index in [1.807, 2.05) is 0 Å². The van der Waals surface area contributed by atoms with Crippen LogP contribution in [0.1, 0.15) is 10.4 Å². The first-order chi connectivity index (χ1) is 9.06. The summed E-state index contributed by atoms with van der Waals surface area (Å²) in [4.78, 5) is 11.9. The lowest BCUT2D eigenvalue weighted by Gasteiger charge is -2.07. The summed E-state index contributed by atoms with van der Waals surface area (Å²) >= 11 is 11.7. The molecule has 0 aromatic heterocycles. The Morgan fingerprint density at radius 3 is 2.42 bits per heavy atom. The minimum atomic E-state index is -0.362. The van der Waals surface area contributed by atoms with Crippen LogP contribution in [0.4, 0.5) is 4.39 Å². The van der Waals surface area contributed by atoms with E-state index in [9.17, 15) is 9.18 Å². The number of rotatable bonds is 4. The SMILES string of the molecule is O=C(COc1ccc(F)cc1)c1ccc(Cl)cc1Cl. The molecule has 2 nitrogen and oxygen atoms in total. The monoisotopic (exact) mass is 298 g/mol. The summed E-state index contributed by atoms with van der Waals surface area (Å²) in [6, 6.07) is 10.0. The minimum absolute atomic E-state index is 0.174. The molecule has 0 atom stereocenters. The Hall–Kier alpha value is -1.58. The third-order valence-corrected chi connectivity index (χ3v) is 2.96. The molecule has 0 aliphatic rings. The van der Waals surface area contributed by atoms with Crippen molar-refractivity contribution in [3.05, 3.63) is 63.9 Å². The zero-order chi connectivity index (χ0) is 13.8. The van der Waals surface area contributed by atoms with Crippen molar-refractivity contribution < 1.29 is 13.9 Å². The molecule has 0 aliphatic heterocycles. The Morgan fingerprint density at radius 1 is 1.11 bits per heavy atom. The van der Waals surface area contributed by atoms with Gasteiger partial charge in [-0.25, -0.2) is 4.39 Å². The molecule has 0 spiro atoms. The molecule has 5 heteroatoms. The van der Waals surface area contributed by atoms with Crippen LogP contribution in [0.5, 0.6) is 5.75 Å². The van der Waals surface area contributed by atoms with Gasteiger partial charge in [0.15, 0.2) is 6.61 Å². The Bertz CT molecular complexity index is 597. The zero-order valence-electron chi connectivity index (χ0n) is 9.70. The van der Waals surface area contributed by atoms with Crippen molar-refractivity contribution >= 4 is 29.0 Å². The molecule has 0 fully saturated rings. The van der Waals surface area contributed by atoms with Gasteiger partial charge >= 0.3 is 0 Å². The van der Waals surface area contributed by atoms with Crippen LogP contribution in [0.3, 0.4) is 0 Å². The number of hydrogen-bond donors (Lipinski definition) is 0. The number of hydrogen-bond acceptors (Lipinski definition) is 2. The normalized spacial score (nSPS) is 10.3. The molecule has 98 valence electrons. The lowest BCUT2D eigenvalue weighted by atomic mass is 10.1.